The highest BCUT2D eigenvalue weighted by atomic mass is 35.5. The average molecular weight is 310 g/mol. The third-order valence-corrected chi connectivity index (χ3v) is 4.25. The van der Waals surface area contributed by atoms with E-state index in [2.05, 4.69) is 10.6 Å². The third kappa shape index (κ3) is 3.19. The molecule has 0 radical (unpaired) electrons. The van der Waals surface area contributed by atoms with Gasteiger partial charge in [0.1, 0.15) is 0 Å². The molecule has 2 saturated heterocycles. The Balaban J connectivity index is 0.00000161. The van der Waals surface area contributed by atoms with Crippen molar-refractivity contribution < 1.29 is 9.59 Å². The summed E-state index contributed by atoms with van der Waals surface area (Å²) in [6.45, 7) is 4.27. The maximum absolute atomic E-state index is 12.3. The number of nitrogens with zero attached hydrogens (tertiary/aromatic N) is 1. The van der Waals surface area contributed by atoms with Crippen molar-refractivity contribution >= 4 is 29.9 Å². The van der Waals surface area contributed by atoms with Gasteiger partial charge in [0.15, 0.2) is 5.78 Å². The second kappa shape index (κ2) is 6.45. The predicted octanol–water partition coefficient (Wildman–Crippen LogP) is 2.14. The number of fused-ring (bicyclic) bond motifs is 1. The van der Waals surface area contributed by atoms with Crippen LogP contribution in [-0.2, 0) is 0 Å². The summed E-state index contributed by atoms with van der Waals surface area (Å²) in [4.78, 5) is 25.4. The van der Waals surface area contributed by atoms with Gasteiger partial charge in [0.25, 0.3) is 0 Å². The van der Waals surface area contributed by atoms with Gasteiger partial charge in [-0.3, -0.25) is 4.79 Å². The van der Waals surface area contributed by atoms with Crippen LogP contribution in [0.4, 0.5) is 10.5 Å². The van der Waals surface area contributed by atoms with Gasteiger partial charge in [0.2, 0.25) is 0 Å². The monoisotopic (exact) mass is 309 g/mol. The lowest BCUT2D eigenvalue weighted by atomic mass is 10.1. The van der Waals surface area contributed by atoms with Crippen LogP contribution < -0.4 is 10.6 Å². The number of nitrogens with one attached hydrogen (secondary N) is 2. The molecule has 2 atom stereocenters. The standard InChI is InChI=1S/C15H19N3O2.ClH/c1-10(19)11-2-4-13(5-3-11)17-15(20)18-7-6-12-8-16-9-14(12)18;/h2-5,12,14,16H,6-9H2,1H3,(H,17,20);1H/t12-,14+;/m0./s1. The second-order valence-electron chi connectivity index (χ2n) is 5.53. The molecule has 2 amide bonds. The Hall–Kier alpha value is -1.59. The number of Topliss-reactive ketones (excluding diaryl/α,β-unsaturated/α-hetero) is 1. The Morgan fingerprint density at radius 3 is 2.62 bits per heavy atom. The Kier molecular flexibility index (Phi) is 4.85. The number of amides is 2. The molecule has 1 aromatic carbocycles. The van der Waals surface area contributed by atoms with Crippen molar-refractivity contribution in [3.63, 3.8) is 0 Å². The first-order valence-corrected chi connectivity index (χ1v) is 7.04. The summed E-state index contributed by atoms with van der Waals surface area (Å²) in [5.41, 5.74) is 1.39. The van der Waals surface area contributed by atoms with E-state index in [9.17, 15) is 9.59 Å². The summed E-state index contributed by atoms with van der Waals surface area (Å²) >= 11 is 0. The van der Waals surface area contributed by atoms with Gasteiger partial charge in [-0.15, -0.1) is 12.4 Å². The molecule has 2 aliphatic heterocycles. The Bertz CT molecular complexity index is 532. The number of ketones is 1. The molecule has 0 saturated carbocycles. The van der Waals surface area contributed by atoms with Gasteiger partial charge >= 0.3 is 6.03 Å². The maximum Gasteiger partial charge on any atom is 0.322 e. The van der Waals surface area contributed by atoms with E-state index in [-0.39, 0.29) is 24.2 Å². The molecule has 21 heavy (non-hydrogen) atoms. The molecule has 2 heterocycles. The number of likely N-dealkylation sites (tertiary alicyclic amines) is 1. The minimum Gasteiger partial charge on any atom is -0.320 e. The van der Waals surface area contributed by atoms with Crippen LogP contribution >= 0.6 is 12.4 Å². The quantitative estimate of drug-likeness (QED) is 0.823. The molecule has 2 N–H and O–H groups in total. The van der Waals surface area contributed by atoms with E-state index >= 15 is 0 Å². The van der Waals surface area contributed by atoms with E-state index in [1.165, 1.54) is 6.92 Å². The summed E-state index contributed by atoms with van der Waals surface area (Å²) < 4.78 is 0. The van der Waals surface area contributed by atoms with Gasteiger partial charge in [-0.2, -0.15) is 0 Å². The fourth-order valence-corrected chi connectivity index (χ4v) is 3.08. The van der Waals surface area contributed by atoms with Crippen LogP contribution in [0.2, 0.25) is 0 Å². The number of anilines is 1. The average Bonchev–Trinajstić information content (AvgIpc) is 3.01. The lowest BCUT2D eigenvalue weighted by Crippen LogP contribution is -2.41. The fourth-order valence-electron chi connectivity index (χ4n) is 3.08. The zero-order valence-corrected chi connectivity index (χ0v) is 12.8. The van der Waals surface area contributed by atoms with Gasteiger partial charge in [-0.1, -0.05) is 0 Å². The molecule has 0 aliphatic carbocycles. The fraction of sp³-hybridized carbons (Fsp3) is 0.467. The highest BCUT2D eigenvalue weighted by molar-refractivity contribution is 5.95. The topological polar surface area (TPSA) is 61.4 Å². The number of carbonyl (C=O) groups is 2. The molecule has 3 rings (SSSR count). The summed E-state index contributed by atoms with van der Waals surface area (Å²) in [6.07, 6.45) is 1.08. The molecular formula is C15H20ClN3O2. The molecule has 2 aliphatic rings. The summed E-state index contributed by atoms with van der Waals surface area (Å²) in [5.74, 6) is 0.628. The van der Waals surface area contributed by atoms with E-state index < -0.39 is 0 Å². The van der Waals surface area contributed by atoms with E-state index in [4.69, 9.17) is 0 Å². The Morgan fingerprint density at radius 1 is 1.24 bits per heavy atom. The van der Waals surface area contributed by atoms with Crippen LogP contribution in [0.5, 0.6) is 0 Å². The molecule has 0 aromatic heterocycles. The SMILES string of the molecule is CC(=O)c1ccc(NC(=O)N2CC[C@H]3CNC[C@H]32)cc1.Cl. The van der Waals surface area contributed by atoms with Gasteiger partial charge in [0.05, 0.1) is 0 Å². The minimum atomic E-state index is -0.0447. The van der Waals surface area contributed by atoms with Crippen molar-refractivity contribution in [2.24, 2.45) is 5.92 Å². The minimum absolute atomic E-state index is 0. The molecular weight excluding hydrogens is 290 g/mol. The first kappa shape index (κ1) is 15.8. The molecule has 1 aromatic rings. The van der Waals surface area contributed by atoms with Crippen LogP contribution in [0.3, 0.4) is 0 Å². The number of halogens is 1. The maximum atomic E-state index is 12.3. The van der Waals surface area contributed by atoms with Crippen molar-refractivity contribution in [2.75, 3.05) is 25.0 Å². The molecule has 114 valence electrons. The van der Waals surface area contributed by atoms with Crippen LogP contribution in [0.15, 0.2) is 24.3 Å². The van der Waals surface area contributed by atoms with Crippen molar-refractivity contribution in [3.05, 3.63) is 29.8 Å². The van der Waals surface area contributed by atoms with E-state index in [0.717, 1.165) is 31.7 Å². The third-order valence-electron chi connectivity index (χ3n) is 4.25. The lowest BCUT2D eigenvalue weighted by Gasteiger charge is -2.23. The molecule has 5 nitrogen and oxygen atoms in total. The number of hydrogen-bond donors (Lipinski definition) is 2. The largest absolute Gasteiger partial charge is 0.322 e. The van der Waals surface area contributed by atoms with Gasteiger partial charge in [0, 0.05) is 36.9 Å². The summed E-state index contributed by atoms with van der Waals surface area (Å²) in [7, 11) is 0. The first-order valence-electron chi connectivity index (χ1n) is 7.04. The van der Waals surface area contributed by atoms with Crippen molar-refractivity contribution in [1.29, 1.82) is 0 Å². The highest BCUT2D eigenvalue weighted by Gasteiger charge is 2.39. The van der Waals surface area contributed by atoms with Crippen molar-refractivity contribution in [3.8, 4) is 0 Å². The lowest BCUT2D eigenvalue weighted by molar-refractivity contribution is 0.101. The predicted molar refractivity (Wildman–Crippen MR) is 84.2 cm³/mol. The van der Waals surface area contributed by atoms with Crippen LogP contribution in [0.25, 0.3) is 0 Å². The summed E-state index contributed by atoms with van der Waals surface area (Å²) in [6, 6.07) is 7.30. The zero-order chi connectivity index (χ0) is 14.1. The molecule has 6 heteroatoms. The molecule has 0 spiro atoms. The van der Waals surface area contributed by atoms with E-state index in [1.807, 2.05) is 4.90 Å². The number of carbonyl (C=O) groups excluding carboxylic acids is 2. The molecule has 0 unspecified atom stereocenters. The van der Waals surface area contributed by atoms with Crippen LogP contribution in [0, 0.1) is 5.92 Å². The highest BCUT2D eigenvalue weighted by Crippen LogP contribution is 2.27. The number of benzene rings is 1. The smallest absolute Gasteiger partial charge is 0.320 e. The Labute approximate surface area is 130 Å². The van der Waals surface area contributed by atoms with Crippen LogP contribution in [0.1, 0.15) is 23.7 Å². The van der Waals surface area contributed by atoms with Crippen LogP contribution in [-0.4, -0.2) is 42.4 Å². The van der Waals surface area contributed by atoms with Gasteiger partial charge in [-0.25, -0.2) is 4.79 Å². The van der Waals surface area contributed by atoms with E-state index in [0.29, 0.717) is 17.5 Å². The normalized spacial score (nSPS) is 23.4. The van der Waals surface area contributed by atoms with Crippen molar-refractivity contribution in [2.45, 2.75) is 19.4 Å². The Morgan fingerprint density at radius 2 is 1.95 bits per heavy atom. The van der Waals surface area contributed by atoms with E-state index in [1.54, 1.807) is 24.3 Å². The second-order valence-corrected chi connectivity index (χ2v) is 5.53. The van der Waals surface area contributed by atoms with Gasteiger partial charge in [-0.05, 0) is 43.5 Å². The summed E-state index contributed by atoms with van der Waals surface area (Å²) in [5, 5.41) is 6.24. The molecule has 0 bridgehead atoms. The van der Waals surface area contributed by atoms with Crippen molar-refractivity contribution in [1.82, 2.24) is 10.2 Å². The number of rotatable bonds is 2. The number of urea groups is 1. The first-order chi connectivity index (χ1) is 9.65. The number of hydrogen-bond acceptors (Lipinski definition) is 3. The molecule has 2 fully saturated rings. The zero-order valence-electron chi connectivity index (χ0n) is 12.0. The van der Waals surface area contributed by atoms with Gasteiger partial charge < -0.3 is 15.5 Å².